The van der Waals surface area contributed by atoms with Crippen molar-refractivity contribution >= 4 is 33.7 Å². The number of aromatic nitrogens is 4. The quantitative estimate of drug-likeness (QED) is 0.291. The van der Waals surface area contributed by atoms with Gasteiger partial charge in [-0.1, -0.05) is 25.5 Å². The number of esters is 1. The fourth-order valence-electron chi connectivity index (χ4n) is 3.29. The Labute approximate surface area is 167 Å². The minimum atomic E-state index is -0.362. The highest BCUT2D eigenvalue weighted by atomic mass is 16.5. The van der Waals surface area contributed by atoms with Crippen molar-refractivity contribution in [2.24, 2.45) is 0 Å². The summed E-state index contributed by atoms with van der Waals surface area (Å²) in [7, 11) is 0. The van der Waals surface area contributed by atoms with Gasteiger partial charge in [0.1, 0.15) is 18.1 Å². The highest BCUT2D eigenvalue weighted by molar-refractivity contribution is 6.06. The molecule has 2 aromatic heterocycles. The molecule has 0 atom stereocenters. The molecule has 0 saturated carbocycles. The first kappa shape index (κ1) is 18.9. The van der Waals surface area contributed by atoms with Crippen molar-refractivity contribution in [2.75, 3.05) is 6.61 Å². The third kappa shape index (κ3) is 3.76. The van der Waals surface area contributed by atoms with Crippen molar-refractivity contribution in [3.8, 4) is 11.4 Å². The minimum absolute atomic E-state index is 0.0303. The molecule has 4 aromatic rings. The Bertz CT molecular complexity index is 1170. The Morgan fingerprint density at radius 3 is 2.76 bits per heavy atom. The van der Waals surface area contributed by atoms with Crippen molar-refractivity contribution in [1.82, 2.24) is 19.7 Å². The average molecular weight is 390 g/mol. The zero-order chi connectivity index (χ0) is 20.4. The van der Waals surface area contributed by atoms with Gasteiger partial charge in [-0.3, -0.25) is 14.3 Å². The lowest BCUT2D eigenvalue weighted by Crippen LogP contribution is -2.15. The van der Waals surface area contributed by atoms with Gasteiger partial charge >= 0.3 is 5.97 Å². The molecule has 148 valence electrons. The van der Waals surface area contributed by atoms with Crippen LogP contribution in [0.15, 0.2) is 42.5 Å². The first-order chi connectivity index (χ1) is 14.1. The molecule has 0 radical (unpaired) electrons. The number of carbonyl (C=O) groups is 2. The van der Waals surface area contributed by atoms with E-state index in [9.17, 15) is 9.59 Å². The van der Waals surface area contributed by atoms with E-state index in [1.165, 1.54) is 11.6 Å². The molecule has 7 heteroatoms. The zero-order valence-corrected chi connectivity index (χ0v) is 16.4. The summed E-state index contributed by atoms with van der Waals surface area (Å²) in [5.41, 5.74) is 3.71. The number of carbonyl (C=O) groups excluding carboxylic acids is 2. The van der Waals surface area contributed by atoms with E-state index in [0.29, 0.717) is 29.0 Å². The number of nitrogens with one attached hydrogen (secondary N) is 1. The highest BCUT2D eigenvalue weighted by Gasteiger charge is 2.18. The lowest BCUT2D eigenvalue weighted by Gasteiger charge is -2.05. The van der Waals surface area contributed by atoms with Gasteiger partial charge in [0.25, 0.3) is 0 Å². The molecule has 7 nitrogen and oxygen atoms in total. The molecule has 29 heavy (non-hydrogen) atoms. The number of unbranched alkanes of at least 4 members (excludes halogenated alkanes) is 1. The van der Waals surface area contributed by atoms with Gasteiger partial charge < -0.3 is 9.72 Å². The van der Waals surface area contributed by atoms with Gasteiger partial charge in [0.05, 0.1) is 23.2 Å². The van der Waals surface area contributed by atoms with Crippen LogP contribution in [0.4, 0.5) is 0 Å². The number of benzene rings is 2. The van der Waals surface area contributed by atoms with E-state index < -0.39 is 0 Å². The molecule has 0 unspecified atom stereocenters. The molecule has 2 heterocycles. The number of ether oxygens (including phenoxy) is 1. The van der Waals surface area contributed by atoms with Crippen LogP contribution >= 0.6 is 0 Å². The van der Waals surface area contributed by atoms with Crippen LogP contribution in [0, 0.1) is 0 Å². The Kier molecular flexibility index (Phi) is 5.12. The van der Waals surface area contributed by atoms with Crippen LogP contribution in [0.5, 0.6) is 0 Å². The van der Waals surface area contributed by atoms with E-state index in [1.54, 1.807) is 0 Å². The van der Waals surface area contributed by atoms with Crippen molar-refractivity contribution in [3.63, 3.8) is 0 Å². The van der Waals surface area contributed by atoms with Crippen molar-refractivity contribution in [1.29, 1.82) is 0 Å². The molecule has 0 spiro atoms. The molecule has 2 aromatic carbocycles. The van der Waals surface area contributed by atoms with Crippen LogP contribution in [0.3, 0.4) is 0 Å². The second kappa shape index (κ2) is 7.87. The molecule has 4 rings (SSSR count). The van der Waals surface area contributed by atoms with E-state index in [0.717, 1.165) is 29.4 Å². The number of hydrogen-bond acceptors (Lipinski definition) is 5. The van der Waals surface area contributed by atoms with Gasteiger partial charge in [0.15, 0.2) is 5.78 Å². The van der Waals surface area contributed by atoms with Crippen molar-refractivity contribution in [2.45, 2.75) is 33.2 Å². The van der Waals surface area contributed by atoms with Gasteiger partial charge in [-0.25, -0.2) is 4.98 Å². The third-order valence-electron chi connectivity index (χ3n) is 4.79. The molecule has 0 aliphatic rings. The summed E-state index contributed by atoms with van der Waals surface area (Å²) in [6.45, 7) is 3.87. The summed E-state index contributed by atoms with van der Waals surface area (Å²) in [5, 5.41) is 5.06. The fourth-order valence-corrected chi connectivity index (χ4v) is 3.29. The number of aromatic amines is 1. The van der Waals surface area contributed by atoms with Crippen LogP contribution in [0.25, 0.3) is 33.3 Å². The molecule has 0 saturated heterocycles. The largest absolute Gasteiger partial charge is 0.464 e. The lowest BCUT2D eigenvalue weighted by molar-refractivity contribution is -0.144. The Morgan fingerprint density at radius 1 is 1.17 bits per heavy atom. The van der Waals surface area contributed by atoms with Crippen LogP contribution in [0.1, 0.15) is 37.2 Å². The van der Waals surface area contributed by atoms with E-state index >= 15 is 0 Å². The summed E-state index contributed by atoms with van der Waals surface area (Å²) in [6.07, 6.45) is 1.78. The molecule has 1 N–H and O–H groups in total. The molecule has 0 aliphatic carbocycles. The van der Waals surface area contributed by atoms with Gasteiger partial charge in [0.2, 0.25) is 0 Å². The van der Waals surface area contributed by atoms with E-state index in [4.69, 9.17) is 4.74 Å². The number of hydrogen-bond donors (Lipinski definition) is 1. The maximum atomic E-state index is 12.1. The highest BCUT2D eigenvalue weighted by Crippen LogP contribution is 2.27. The normalized spacial score (nSPS) is 11.2. The smallest absolute Gasteiger partial charge is 0.327 e. The Balaban J connectivity index is 1.71. The fraction of sp³-hybridized carbons (Fsp3) is 0.273. The average Bonchev–Trinajstić information content (AvgIpc) is 3.29. The van der Waals surface area contributed by atoms with Crippen LogP contribution in [-0.2, 0) is 16.1 Å². The molecular formula is C22H22N4O3. The minimum Gasteiger partial charge on any atom is -0.464 e. The van der Waals surface area contributed by atoms with Crippen molar-refractivity contribution < 1.29 is 14.3 Å². The van der Waals surface area contributed by atoms with Gasteiger partial charge in [0, 0.05) is 17.9 Å². The maximum absolute atomic E-state index is 12.1. The third-order valence-corrected chi connectivity index (χ3v) is 4.79. The summed E-state index contributed by atoms with van der Waals surface area (Å²) in [5.74, 6) is 0.198. The molecule has 0 aliphatic heterocycles. The summed E-state index contributed by atoms with van der Waals surface area (Å²) in [4.78, 5) is 32.2. The summed E-state index contributed by atoms with van der Waals surface area (Å²) < 4.78 is 6.76. The Morgan fingerprint density at radius 2 is 2.00 bits per heavy atom. The summed E-state index contributed by atoms with van der Waals surface area (Å²) in [6, 6.07) is 13.4. The number of Topliss-reactive ketones (excluding diaryl/α,β-unsaturated/α-hetero) is 1. The topological polar surface area (TPSA) is 89.9 Å². The molecule has 0 amide bonds. The maximum Gasteiger partial charge on any atom is 0.327 e. The number of ketones is 1. The second-order valence-electron chi connectivity index (χ2n) is 6.97. The number of H-pyrrole nitrogens is 1. The van der Waals surface area contributed by atoms with Gasteiger partial charge in [-0.15, -0.1) is 0 Å². The van der Waals surface area contributed by atoms with Crippen molar-refractivity contribution in [3.05, 3.63) is 48.2 Å². The molecule has 0 fully saturated rings. The zero-order valence-electron chi connectivity index (χ0n) is 16.4. The SMILES string of the molecule is CCCCOC(=O)Cn1nc(C(C)=O)c2cc(-c3nc4ccccc4[nH]3)ccc21. The number of rotatable bonds is 7. The first-order valence-electron chi connectivity index (χ1n) is 9.69. The number of fused-ring (bicyclic) bond motifs is 2. The van der Waals surface area contributed by atoms with E-state index in [2.05, 4.69) is 15.1 Å². The van der Waals surface area contributed by atoms with Crippen LogP contribution < -0.4 is 0 Å². The van der Waals surface area contributed by atoms with E-state index in [1.807, 2.05) is 49.4 Å². The number of imidazole rings is 1. The predicted octanol–water partition coefficient (Wildman–Crippen LogP) is 4.13. The molecule has 0 bridgehead atoms. The number of para-hydroxylation sites is 2. The van der Waals surface area contributed by atoms with E-state index in [-0.39, 0.29) is 18.3 Å². The second-order valence-corrected chi connectivity index (χ2v) is 6.97. The standard InChI is InChI=1S/C22H22N4O3/c1-3-4-11-29-20(28)13-26-19-10-9-15(12-16(19)21(25-26)14(2)27)22-23-17-7-5-6-8-18(17)24-22/h5-10,12H,3-4,11,13H2,1-2H3,(H,23,24). The van der Waals surface area contributed by atoms with Crippen LogP contribution in [0.2, 0.25) is 0 Å². The monoisotopic (exact) mass is 390 g/mol. The molecular weight excluding hydrogens is 368 g/mol. The van der Waals surface area contributed by atoms with Gasteiger partial charge in [-0.05, 0) is 36.8 Å². The van der Waals surface area contributed by atoms with Gasteiger partial charge in [-0.2, -0.15) is 5.10 Å². The lowest BCUT2D eigenvalue weighted by atomic mass is 10.1. The van der Waals surface area contributed by atoms with Crippen LogP contribution in [-0.4, -0.2) is 38.1 Å². The predicted molar refractivity (Wildman–Crippen MR) is 111 cm³/mol. The first-order valence-corrected chi connectivity index (χ1v) is 9.69. The Hall–Kier alpha value is -3.48. The summed E-state index contributed by atoms with van der Waals surface area (Å²) >= 11 is 0. The number of nitrogens with zero attached hydrogens (tertiary/aromatic N) is 3.